The molecule has 0 fully saturated rings. The predicted octanol–water partition coefficient (Wildman–Crippen LogP) is 3.20. The van der Waals surface area contributed by atoms with E-state index in [4.69, 9.17) is 9.36 Å². The molecule has 23 heavy (non-hydrogen) atoms. The number of nitrogens with one attached hydrogen (secondary N) is 1. The zero-order valence-corrected chi connectivity index (χ0v) is 15.1. The number of hydrogen-bond donors (Lipinski definition) is 1. The molecule has 1 aromatic rings. The second kappa shape index (κ2) is 7.97. The Labute approximate surface area is 138 Å². The summed E-state index contributed by atoms with van der Waals surface area (Å²) in [5, 5.41) is 0. The van der Waals surface area contributed by atoms with Crippen molar-refractivity contribution in [3.05, 3.63) is 35.4 Å². The monoisotopic (exact) mass is 341 g/mol. The molecule has 7 heteroatoms. The number of amides is 1. The van der Waals surface area contributed by atoms with Crippen molar-refractivity contribution in [3.8, 4) is 0 Å². The van der Waals surface area contributed by atoms with Crippen molar-refractivity contribution in [3.63, 3.8) is 0 Å². The fraction of sp³-hybridized carbons (Fsp3) is 0.562. The van der Waals surface area contributed by atoms with Crippen LogP contribution < -0.4 is 10.4 Å². The number of benzene rings is 1. The third-order valence-corrected chi connectivity index (χ3v) is 4.01. The van der Waals surface area contributed by atoms with Gasteiger partial charge in [-0.3, -0.25) is 9.63 Å². The fourth-order valence-electron chi connectivity index (χ4n) is 2.17. The molecule has 0 bridgehead atoms. The first kappa shape index (κ1) is 19.7. The zero-order chi connectivity index (χ0) is 17.7. The highest BCUT2D eigenvalue weighted by Crippen LogP contribution is 2.38. The van der Waals surface area contributed by atoms with Gasteiger partial charge >= 0.3 is 8.25 Å². The number of hydrogen-bond acceptors (Lipinski definition) is 5. The summed E-state index contributed by atoms with van der Waals surface area (Å²) < 4.78 is 16.1. The third kappa shape index (κ3) is 5.66. The van der Waals surface area contributed by atoms with Crippen molar-refractivity contribution in [1.82, 2.24) is 5.48 Å². The third-order valence-electron chi connectivity index (χ3n) is 3.51. The summed E-state index contributed by atoms with van der Waals surface area (Å²) in [6.07, 6.45) is 1.01. The molecule has 0 aromatic heterocycles. The molecule has 1 atom stereocenters. The maximum Gasteiger partial charge on any atom is 0.489 e. The molecular weight excluding hydrogens is 317 g/mol. The topological polar surface area (TPSA) is 87.7 Å². The Hall–Kier alpha value is -1.33. The number of carbonyl (C=O) groups is 1. The van der Waals surface area contributed by atoms with Gasteiger partial charge in [0.25, 0.3) is 5.91 Å². The van der Waals surface area contributed by atoms with Crippen LogP contribution in [0.5, 0.6) is 0 Å². The molecule has 1 N–H and O–H groups in total. The van der Waals surface area contributed by atoms with Gasteiger partial charge in [0.1, 0.15) is 5.60 Å². The maximum absolute atomic E-state index is 12.0. The van der Waals surface area contributed by atoms with Crippen LogP contribution in [0.25, 0.3) is 0 Å². The van der Waals surface area contributed by atoms with Gasteiger partial charge in [0.15, 0.2) is 0 Å². The average Bonchev–Trinajstić information content (AvgIpc) is 2.49. The lowest BCUT2D eigenvalue weighted by Crippen LogP contribution is -2.33. The van der Waals surface area contributed by atoms with E-state index in [1.165, 1.54) is 0 Å². The number of hydroxylamine groups is 1. The molecular formula is C16H24NO5P. The van der Waals surface area contributed by atoms with E-state index in [0.29, 0.717) is 18.4 Å². The predicted molar refractivity (Wildman–Crippen MR) is 85.7 cm³/mol. The van der Waals surface area contributed by atoms with Gasteiger partial charge in [-0.25, -0.2) is 5.48 Å². The highest BCUT2D eigenvalue weighted by atomic mass is 31.1. The van der Waals surface area contributed by atoms with E-state index < -0.39 is 19.5 Å². The quantitative estimate of drug-likeness (QED) is 0.608. The molecule has 0 spiro atoms. The van der Waals surface area contributed by atoms with Gasteiger partial charge in [-0.15, -0.1) is 4.52 Å². The number of carbonyl (C=O) groups excluding carboxylic acids is 1. The lowest BCUT2D eigenvalue weighted by atomic mass is 9.88. The Balaban J connectivity index is 2.93. The minimum Gasteiger partial charge on any atom is -0.566 e. The van der Waals surface area contributed by atoms with Crippen LogP contribution in [-0.2, 0) is 19.5 Å². The molecule has 1 aromatic carbocycles. The van der Waals surface area contributed by atoms with Crippen LogP contribution >= 0.6 is 8.25 Å². The van der Waals surface area contributed by atoms with Crippen molar-refractivity contribution in [2.75, 3.05) is 0 Å². The Morgan fingerprint density at radius 2 is 1.70 bits per heavy atom. The molecule has 0 heterocycles. The van der Waals surface area contributed by atoms with Crippen molar-refractivity contribution >= 4 is 14.2 Å². The Bertz CT molecular complexity index is 547. The fourth-order valence-corrected chi connectivity index (χ4v) is 2.82. The van der Waals surface area contributed by atoms with Gasteiger partial charge in [0, 0.05) is 5.56 Å². The molecule has 128 valence electrons. The van der Waals surface area contributed by atoms with Gasteiger partial charge in [-0.2, -0.15) is 0 Å². The normalized spacial score (nSPS) is 12.9. The van der Waals surface area contributed by atoms with Gasteiger partial charge in [0.05, 0.1) is 5.60 Å². The van der Waals surface area contributed by atoms with Gasteiger partial charge in [-0.1, -0.05) is 26.0 Å². The van der Waals surface area contributed by atoms with E-state index in [1.54, 1.807) is 24.3 Å². The van der Waals surface area contributed by atoms with E-state index in [0.717, 1.165) is 5.56 Å². The molecule has 0 radical (unpaired) electrons. The van der Waals surface area contributed by atoms with Crippen LogP contribution in [0.1, 0.15) is 63.4 Å². The van der Waals surface area contributed by atoms with E-state index in [1.807, 2.05) is 34.6 Å². The molecule has 0 aliphatic rings. The first-order valence-corrected chi connectivity index (χ1v) is 8.65. The van der Waals surface area contributed by atoms with Crippen molar-refractivity contribution in [1.29, 1.82) is 0 Å². The minimum absolute atomic E-state index is 0.360. The Morgan fingerprint density at radius 3 is 2.09 bits per heavy atom. The van der Waals surface area contributed by atoms with Crippen LogP contribution in [0.15, 0.2) is 24.3 Å². The molecule has 1 unspecified atom stereocenters. The van der Waals surface area contributed by atoms with Crippen LogP contribution in [0.2, 0.25) is 0 Å². The summed E-state index contributed by atoms with van der Waals surface area (Å²) in [5.74, 6) is -0.360. The summed E-state index contributed by atoms with van der Waals surface area (Å²) in [5.41, 5.74) is 2.15. The SMILES string of the molecule is CCC(CC)(O[P+](=O)[O-])c1ccc(C(=O)NOC(C)(C)C)cc1. The van der Waals surface area contributed by atoms with Crippen molar-refractivity contribution in [2.24, 2.45) is 0 Å². The van der Waals surface area contributed by atoms with Crippen molar-refractivity contribution < 1.29 is 23.6 Å². The lowest BCUT2D eigenvalue weighted by Gasteiger charge is -2.26. The molecule has 0 saturated carbocycles. The molecule has 1 amide bonds. The first-order valence-electron chi connectivity index (χ1n) is 7.56. The summed E-state index contributed by atoms with van der Waals surface area (Å²) in [6, 6.07) is 6.66. The Morgan fingerprint density at radius 1 is 1.17 bits per heavy atom. The van der Waals surface area contributed by atoms with E-state index in [2.05, 4.69) is 5.48 Å². The van der Waals surface area contributed by atoms with Gasteiger partial charge in [0.2, 0.25) is 0 Å². The largest absolute Gasteiger partial charge is 0.566 e. The standard InChI is InChI=1S/C16H24NO5P/c1-6-16(7-2,22-23(19)20)13-10-8-12(9-11-13)14(18)17-21-15(3,4)5/h8-11H,6-7H2,1-5H3,(H,17,18). The molecule has 0 aliphatic carbocycles. The molecule has 0 aliphatic heterocycles. The Kier molecular flexibility index (Phi) is 6.84. The summed E-state index contributed by atoms with van der Waals surface area (Å²) >= 11 is 0. The van der Waals surface area contributed by atoms with Crippen molar-refractivity contribution in [2.45, 2.75) is 58.7 Å². The smallest absolute Gasteiger partial charge is 0.489 e. The van der Waals surface area contributed by atoms with Crippen LogP contribution in [-0.4, -0.2) is 11.5 Å². The highest BCUT2D eigenvalue weighted by molar-refractivity contribution is 7.30. The summed E-state index contributed by atoms with van der Waals surface area (Å²) in [7, 11) is -2.96. The zero-order valence-electron chi connectivity index (χ0n) is 14.2. The first-order chi connectivity index (χ1) is 10.6. The number of rotatable bonds is 7. The van der Waals surface area contributed by atoms with Gasteiger partial charge in [-0.05, 0) is 55.9 Å². The van der Waals surface area contributed by atoms with Crippen LogP contribution in [0.4, 0.5) is 0 Å². The summed E-state index contributed by atoms with van der Waals surface area (Å²) in [6.45, 7) is 9.21. The minimum atomic E-state index is -2.96. The van der Waals surface area contributed by atoms with Crippen LogP contribution in [0.3, 0.4) is 0 Å². The second-order valence-electron chi connectivity index (χ2n) is 6.24. The molecule has 1 rings (SSSR count). The lowest BCUT2D eigenvalue weighted by molar-refractivity contribution is -0.197. The molecule has 0 saturated heterocycles. The summed E-state index contributed by atoms with van der Waals surface area (Å²) in [4.78, 5) is 28.2. The highest BCUT2D eigenvalue weighted by Gasteiger charge is 2.36. The van der Waals surface area contributed by atoms with Gasteiger partial charge < -0.3 is 4.89 Å². The second-order valence-corrected chi connectivity index (χ2v) is 6.87. The maximum atomic E-state index is 12.0. The van der Waals surface area contributed by atoms with E-state index in [-0.39, 0.29) is 5.91 Å². The van der Waals surface area contributed by atoms with E-state index in [9.17, 15) is 14.3 Å². The molecule has 6 nitrogen and oxygen atoms in total. The average molecular weight is 341 g/mol. The van der Waals surface area contributed by atoms with Crippen LogP contribution in [0, 0.1) is 0 Å². The van der Waals surface area contributed by atoms with E-state index >= 15 is 0 Å².